The van der Waals surface area contributed by atoms with Crippen molar-refractivity contribution >= 4 is 15.9 Å². The molecule has 1 aliphatic heterocycles. The number of likely N-dealkylation sites (tertiary alicyclic amines) is 1. The minimum atomic E-state index is -3.23. The van der Waals surface area contributed by atoms with Crippen LogP contribution in [0.5, 0.6) is 0 Å². The van der Waals surface area contributed by atoms with E-state index < -0.39 is 15.4 Å². The van der Waals surface area contributed by atoms with Gasteiger partial charge < -0.3 is 18.8 Å². The predicted molar refractivity (Wildman–Crippen MR) is 112 cm³/mol. The molecule has 1 amide bonds. The van der Waals surface area contributed by atoms with Crippen molar-refractivity contribution in [3.8, 4) is 0 Å². The molecule has 2 atom stereocenters. The number of hydrogen-bond acceptors (Lipinski definition) is 6. The van der Waals surface area contributed by atoms with Crippen LogP contribution in [-0.4, -0.2) is 50.5 Å². The molecule has 1 aromatic carbocycles. The van der Waals surface area contributed by atoms with Gasteiger partial charge in [0.15, 0.2) is 9.84 Å². The second-order valence-corrected chi connectivity index (χ2v) is 10.7. The Balaban J connectivity index is 1.71. The number of rotatable bonds is 5. The van der Waals surface area contributed by atoms with Crippen LogP contribution in [-0.2, 0) is 25.9 Å². The van der Waals surface area contributed by atoms with E-state index in [2.05, 4.69) is 0 Å². The van der Waals surface area contributed by atoms with E-state index in [1.54, 1.807) is 41.7 Å². The van der Waals surface area contributed by atoms with Crippen molar-refractivity contribution in [2.45, 2.75) is 56.3 Å². The summed E-state index contributed by atoms with van der Waals surface area (Å²) in [5.74, 6) is 0.0951. The molecule has 30 heavy (non-hydrogen) atoms. The van der Waals surface area contributed by atoms with Crippen LogP contribution in [0.1, 0.15) is 44.2 Å². The molecular weight excluding hydrogens is 406 g/mol. The molecule has 0 N–H and O–H groups in total. The van der Waals surface area contributed by atoms with Gasteiger partial charge >= 0.3 is 6.09 Å². The van der Waals surface area contributed by atoms with Crippen molar-refractivity contribution < 1.29 is 27.1 Å². The van der Waals surface area contributed by atoms with Crippen molar-refractivity contribution in [2.75, 3.05) is 19.3 Å². The third-order valence-corrected chi connectivity index (χ3v) is 6.13. The zero-order valence-electron chi connectivity index (χ0n) is 17.8. The highest BCUT2D eigenvalue weighted by molar-refractivity contribution is 7.90. The lowest BCUT2D eigenvalue weighted by atomic mass is 9.88. The smallest absolute Gasteiger partial charge is 0.410 e. The lowest BCUT2D eigenvalue weighted by Crippen LogP contribution is -2.48. The molecule has 0 saturated carbocycles. The first kappa shape index (κ1) is 22.4. The molecule has 0 radical (unpaired) electrons. The molecule has 1 saturated heterocycles. The zero-order chi connectivity index (χ0) is 21.9. The quantitative estimate of drug-likeness (QED) is 0.706. The Morgan fingerprint density at radius 3 is 2.47 bits per heavy atom. The van der Waals surface area contributed by atoms with Crippen LogP contribution in [0.15, 0.2) is 52.2 Å². The fourth-order valence-corrected chi connectivity index (χ4v) is 4.11. The first-order valence-corrected chi connectivity index (χ1v) is 11.8. The molecule has 2 aromatic rings. The summed E-state index contributed by atoms with van der Waals surface area (Å²) in [5, 5.41) is 0. The summed E-state index contributed by atoms with van der Waals surface area (Å²) in [6.45, 7) is 6.83. The van der Waals surface area contributed by atoms with Crippen LogP contribution >= 0.6 is 0 Å². The first-order chi connectivity index (χ1) is 14.0. The van der Waals surface area contributed by atoms with Gasteiger partial charge in [-0.05, 0) is 56.5 Å². The monoisotopic (exact) mass is 435 g/mol. The van der Waals surface area contributed by atoms with E-state index in [0.29, 0.717) is 19.7 Å². The molecule has 7 nitrogen and oxygen atoms in total. The summed E-state index contributed by atoms with van der Waals surface area (Å²) >= 11 is 0. The van der Waals surface area contributed by atoms with Crippen LogP contribution in [0.25, 0.3) is 0 Å². The molecule has 0 unspecified atom stereocenters. The number of furan rings is 1. The number of carbonyl (C=O) groups excluding carboxylic acids is 1. The van der Waals surface area contributed by atoms with E-state index >= 15 is 0 Å². The highest BCUT2D eigenvalue weighted by Crippen LogP contribution is 2.32. The second kappa shape index (κ2) is 8.81. The molecule has 164 valence electrons. The molecule has 1 fully saturated rings. The van der Waals surface area contributed by atoms with Crippen molar-refractivity contribution in [3.63, 3.8) is 0 Å². The zero-order valence-corrected chi connectivity index (χ0v) is 18.6. The van der Waals surface area contributed by atoms with Crippen LogP contribution in [0.4, 0.5) is 4.79 Å². The predicted octanol–water partition coefficient (Wildman–Crippen LogP) is 3.99. The molecule has 8 heteroatoms. The summed E-state index contributed by atoms with van der Waals surface area (Å²) in [4.78, 5) is 14.5. The molecule has 1 aromatic heterocycles. The third-order valence-electron chi connectivity index (χ3n) is 5.00. The van der Waals surface area contributed by atoms with E-state index in [1.807, 2.05) is 26.8 Å². The second-order valence-electron chi connectivity index (χ2n) is 8.64. The van der Waals surface area contributed by atoms with Gasteiger partial charge in [0.1, 0.15) is 5.60 Å². The van der Waals surface area contributed by atoms with Gasteiger partial charge in [0.2, 0.25) is 0 Å². The molecule has 0 bridgehead atoms. The van der Waals surface area contributed by atoms with Gasteiger partial charge in [-0.2, -0.15) is 0 Å². The number of carbonyl (C=O) groups is 1. The fourth-order valence-electron chi connectivity index (χ4n) is 3.48. The van der Waals surface area contributed by atoms with Gasteiger partial charge in [-0.25, -0.2) is 13.2 Å². The lowest BCUT2D eigenvalue weighted by molar-refractivity contribution is -0.0360. The van der Waals surface area contributed by atoms with E-state index in [-0.39, 0.29) is 23.0 Å². The standard InChI is InChI=1S/C22H29NO6S/c1-22(2,3)29-21(24)23-11-9-19(17-10-12-27-15-17)20(13-23)28-14-16-5-7-18(8-6-16)30(4,25)26/h5-8,10,12,15,19-20H,9,11,13-14H2,1-4H3/t19-,20+/m1/s1. The van der Waals surface area contributed by atoms with Crippen LogP contribution in [0.3, 0.4) is 0 Å². The van der Waals surface area contributed by atoms with Crippen LogP contribution in [0.2, 0.25) is 0 Å². The molecular formula is C22H29NO6S. The van der Waals surface area contributed by atoms with Gasteiger partial charge in [-0.3, -0.25) is 0 Å². The molecule has 3 rings (SSSR count). The molecule has 2 heterocycles. The number of sulfone groups is 1. The Bertz CT molecular complexity index is 945. The van der Waals surface area contributed by atoms with Crippen LogP contribution in [0, 0.1) is 0 Å². The Morgan fingerprint density at radius 2 is 1.90 bits per heavy atom. The molecule has 1 aliphatic rings. The number of piperidine rings is 1. The molecule has 0 spiro atoms. The van der Waals surface area contributed by atoms with Crippen molar-refractivity contribution in [2.24, 2.45) is 0 Å². The Hall–Kier alpha value is -2.32. The van der Waals surface area contributed by atoms with E-state index in [9.17, 15) is 13.2 Å². The minimum absolute atomic E-state index is 0.0951. The summed E-state index contributed by atoms with van der Waals surface area (Å²) in [5.41, 5.74) is 1.34. The van der Waals surface area contributed by atoms with E-state index in [0.717, 1.165) is 17.5 Å². The average molecular weight is 436 g/mol. The van der Waals surface area contributed by atoms with Gasteiger partial charge in [-0.15, -0.1) is 0 Å². The Labute approximate surface area is 177 Å². The maximum Gasteiger partial charge on any atom is 0.410 e. The number of ether oxygens (including phenoxy) is 2. The van der Waals surface area contributed by atoms with Crippen molar-refractivity contribution in [1.29, 1.82) is 0 Å². The maximum atomic E-state index is 12.5. The summed E-state index contributed by atoms with van der Waals surface area (Å²) in [6, 6.07) is 8.57. The fraction of sp³-hybridized carbons (Fsp3) is 0.500. The highest BCUT2D eigenvalue weighted by atomic mass is 32.2. The van der Waals surface area contributed by atoms with Crippen molar-refractivity contribution in [3.05, 3.63) is 54.0 Å². The van der Waals surface area contributed by atoms with Gasteiger partial charge in [-0.1, -0.05) is 12.1 Å². The summed E-state index contributed by atoms with van der Waals surface area (Å²) < 4.78 is 40.2. The topological polar surface area (TPSA) is 86.0 Å². The number of benzene rings is 1. The summed E-state index contributed by atoms with van der Waals surface area (Å²) in [6.07, 6.45) is 4.68. The SMILES string of the molecule is CC(C)(C)OC(=O)N1CC[C@H](c2ccoc2)[C@@H](OCc2ccc(S(C)(=O)=O)cc2)C1. The van der Waals surface area contributed by atoms with E-state index in [4.69, 9.17) is 13.9 Å². The Kier molecular flexibility index (Phi) is 6.57. The number of nitrogens with zero attached hydrogens (tertiary/aromatic N) is 1. The number of amides is 1. The first-order valence-electron chi connectivity index (χ1n) is 9.93. The van der Waals surface area contributed by atoms with Crippen molar-refractivity contribution in [1.82, 2.24) is 4.90 Å². The number of hydrogen-bond donors (Lipinski definition) is 0. The van der Waals surface area contributed by atoms with E-state index in [1.165, 1.54) is 6.26 Å². The highest BCUT2D eigenvalue weighted by Gasteiger charge is 2.35. The normalized spacial score (nSPS) is 20.2. The van der Waals surface area contributed by atoms with Gasteiger partial charge in [0, 0.05) is 18.7 Å². The third kappa shape index (κ3) is 5.86. The van der Waals surface area contributed by atoms with Gasteiger partial charge in [0.05, 0.1) is 36.7 Å². The average Bonchev–Trinajstić information content (AvgIpc) is 3.19. The lowest BCUT2D eigenvalue weighted by Gasteiger charge is -2.38. The molecule has 0 aliphatic carbocycles. The van der Waals surface area contributed by atoms with Crippen LogP contribution < -0.4 is 0 Å². The minimum Gasteiger partial charge on any atom is -0.472 e. The maximum absolute atomic E-state index is 12.5. The van der Waals surface area contributed by atoms with Gasteiger partial charge in [0.25, 0.3) is 0 Å². The largest absolute Gasteiger partial charge is 0.472 e. The Morgan fingerprint density at radius 1 is 1.20 bits per heavy atom. The summed E-state index contributed by atoms with van der Waals surface area (Å²) in [7, 11) is -3.23.